The van der Waals surface area contributed by atoms with Crippen LogP contribution in [0.1, 0.15) is 12.8 Å². The molecule has 0 spiro atoms. The van der Waals surface area contributed by atoms with E-state index < -0.39 is 20.7 Å². The van der Waals surface area contributed by atoms with Crippen molar-refractivity contribution in [2.24, 2.45) is 0 Å². The summed E-state index contributed by atoms with van der Waals surface area (Å²) in [6.07, 6.45) is 1.26. The Bertz CT molecular complexity index is 656. The van der Waals surface area contributed by atoms with Crippen molar-refractivity contribution in [1.29, 1.82) is 0 Å². The highest BCUT2D eigenvalue weighted by atomic mass is 32.2. The third kappa shape index (κ3) is 4.71. The van der Waals surface area contributed by atoms with Crippen molar-refractivity contribution >= 4 is 27.2 Å². The van der Waals surface area contributed by atoms with Crippen molar-refractivity contribution in [3.05, 3.63) is 28.3 Å². The molecule has 0 atom stereocenters. The van der Waals surface area contributed by atoms with E-state index in [-0.39, 0.29) is 22.7 Å². The number of carboxylic acids is 1. The molecule has 0 bridgehead atoms. The molecule has 0 aliphatic rings. The predicted molar refractivity (Wildman–Crippen MR) is 76.3 cm³/mol. The molecular formula is C12H16N2O6S. The SMILES string of the molecule is CN(CCCC(=O)O)c1ccc(S(C)(=O)=O)cc1[N+](=O)[O-]. The van der Waals surface area contributed by atoms with Gasteiger partial charge in [-0.05, 0) is 18.6 Å². The van der Waals surface area contributed by atoms with Crippen LogP contribution in [0.4, 0.5) is 11.4 Å². The summed E-state index contributed by atoms with van der Waals surface area (Å²) in [7, 11) is -1.94. The van der Waals surface area contributed by atoms with E-state index in [0.717, 1.165) is 12.3 Å². The van der Waals surface area contributed by atoms with Crippen LogP contribution in [0.5, 0.6) is 0 Å². The summed E-state index contributed by atoms with van der Waals surface area (Å²) in [6.45, 7) is 0.311. The predicted octanol–water partition coefficient (Wildman–Crippen LogP) is 1.30. The van der Waals surface area contributed by atoms with Crippen LogP contribution in [0.3, 0.4) is 0 Å². The summed E-state index contributed by atoms with van der Waals surface area (Å²) in [6, 6.07) is 3.67. The highest BCUT2D eigenvalue weighted by Crippen LogP contribution is 2.30. The van der Waals surface area contributed by atoms with Crippen LogP contribution >= 0.6 is 0 Å². The van der Waals surface area contributed by atoms with Crippen molar-refractivity contribution < 1.29 is 23.2 Å². The molecule has 116 valence electrons. The van der Waals surface area contributed by atoms with Gasteiger partial charge in [0.2, 0.25) is 0 Å². The van der Waals surface area contributed by atoms with Gasteiger partial charge in [-0.3, -0.25) is 14.9 Å². The quantitative estimate of drug-likeness (QED) is 0.595. The molecule has 0 aliphatic heterocycles. The van der Waals surface area contributed by atoms with Crippen molar-refractivity contribution in [1.82, 2.24) is 0 Å². The Kier molecular flexibility index (Phi) is 5.25. The maximum Gasteiger partial charge on any atom is 0.303 e. The minimum atomic E-state index is -3.53. The Hall–Kier alpha value is -2.16. The fourth-order valence-corrected chi connectivity index (χ4v) is 2.43. The number of nitro benzene ring substituents is 1. The van der Waals surface area contributed by atoms with Gasteiger partial charge >= 0.3 is 5.97 Å². The van der Waals surface area contributed by atoms with Crippen molar-refractivity contribution in [3.8, 4) is 0 Å². The third-order valence-electron chi connectivity index (χ3n) is 2.87. The minimum Gasteiger partial charge on any atom is -0.481 e. The number of benzene rings is 1. The maximum atomic E-state index is 11.4. The fourth-order valence-electron chi connectivity index (χ4n) is 1.79. The number of nitrogens with zero attached hydrogens (tertiary/aromatic N) is 2. The van der Waals surface area contributed by atoms with Gasteiger partial charge in [0.1, 0.15) is 5.69 Å². The number of carboxylic acid groups (broad SMARTS) is 1. The van der Waals surface area contributed by atoms with E-state index >= 15 is 0 Å². The monoisotopic (exact) mass is 316 g/mol. The fraction of sp³-hybridized carbons (Fsp3) is 0.417. The molecule has 0 aromatic heterocycles. The topological polar surface area (TPSA) is 118 Å². The zero-order chi connectivity index (χ0) is 16.2. The minimum absolute atomic E-state index is 0.0421. The molecule has 9 heteroatoms. The number of rotatable bonds is 7. The van der Waals surface area contributed by atoms with E-state index in [1.165, 1.54) is 17.0 Å². The van der Waals surface area contributed by atoms with Gasteiger partial charge in [0.15, 0.2) is 9.84 Å². The number of aliphatic carboxylic acids is 1. The van der Waals surface area contributed by atoms with Crippen LogP contribution in [0.25, 0.3) is 0 Å². The zero-order valence-electron chi connectivity index (χ0n) is 11.6. The number of carbonyl (C=O) groups is 1. The number of anilines is 1. The first-order chi connectivity index (χ1) is 9.62. The first kappa shape index (κ1) is 16.9. The van der Waals surface area contributed by atoms with Crippen LogP contribution in [0.15, 0.2) is 23.1 Å². The lowest BCUT2D eigenvalue weighted by Gasteiger charge is -2.19. The second-order valence-electron chi connectivity index (χ2n) is 4.60. The average molecular weight is 316 g/mol. The molecule has 0 aliphatic carbocycles. The first-order valence-electron chi connectivity index (χ1n) is 6.04. The van der Waals surface area contributed by atoms with Gasteiger partial charge in [-0.2, -0.15) is 0 Å². The van der Waals surface area contributed by atoms with Crippen LogP contribution in [-0.2, 0) is 14.6 Å². The van der Waals surface area contributed by atoms with E-state index in [1.807, 2.05) is 0 Å². The number of nitro groups is 1. The second-order valence-corrected chi connectivity index (χ2v) is 6.61. The van der Waals surface area contributed by atoms with Gasteiger partial charge < -0.3 is 10.0 Å². The van der Waals surface area contributed by atoms with Crippen LogP contribution < -0.4 is 4.90 Å². The van der Waals surface area contributed by atoms with E-state index in [4.69, 9.17) is 5.11 Å². The van der Waals surface area contributed by atoms with E-state index in [0.29, 0.717) is 13.0 Å². The second kappa shape index (κ2) is 6.53. The lowest BCUT2D eigenvalue weighted by Crippen LogP contribution is -2.20. The summed E-state index contributed by atoms with van der Waals surface area (Å²) < 4.78 is 22.9. The van der Waals surface area contributed by atoms with Gasteiger partial charge in [0.25, 0.3) is 5.69 Å². The molecule has 1 aromatic rings. The maximum absolute atomic E-state index is 11.4. The number of sulfone groups is 1. The summed E-state index contributed by atoms with van der Waals surface area (Å²) >= 11 is 0. The molecule has 0 saturated heterocycles. The molecule has 0 amide bonds. The molecular weight excluding hydrogens is 300 g/mol. The van der Waals surface area contributed by atoms with Gasteiger partial charge in [0, 0.05) is 32.3 Å². The van der Waals surface area contributed by atoms with Crippen LogP contribution in [0.2, 0.25) is 0 Å². The van der Waals surface area contributed by atoms with Gasteiger partial charge in [0.05, 0.1) is 9.82 Å². The summed E-state index contributed by atoms with van der Waals surface area (Å²) in [5, 5.41) is 19.6. The lowest BCUT2D eigenvalue weighted by atomic mass is 10.2. The van der Waals surface area contributed by atoms with E-state index in [1.54, 1.807) is 7.05 Å². The molecule has 1 aromatic carbocycles. The molecule has 0 saturated carbocycles. The highest BCUT2D eigenvalue weighted by Gasteiger charge is 2.21. The van der Waals surface area contributed by atoms with Gasteiger partial charge in [-0.15, -0.1) is 0 Å². The van der Waals surface area contributed by atoms with E-state index in [9.17, 15) is 23.3 Å². The smallest absolute Gasteiger partial charge is 0.303 e. The highest BCUT2D eigenvalue weighted by molar-refractivity contribution is 7.90. The van der Waals surface area contributed by atoms with Gasteiger partial charge in [-0.1, -0.05) is 0 Å². The molecule has 0 heterocycles. The van der Waals surface area contributed by atoms with Crippen molar-refractivity contribution in [2.75, 3.05) is 24.7 Å². The Morgan fingerprint density at radius 1 is 1.43 bits per heavy atom. The number of hydrogen-bond donors (Lipinski definition) is 1. The largest absolute Gasteiger partial charge is 0.481 e. The van der Waals surface area contributed by atoms with Crippen LogP contribution in [0, 0.1) is 10.1 Å². The summed E-state index contributed by atoms with van der Waals surface area (Å²) in [4.78, 5) is 22.3. The molecule has 8 nitrogen and oxygen atoms in total. The average Bonchev–Trinajstić information content (AvgIpc) is 2.36. The first-order valence-corrected chi connectivity index (χ1v) is 7.93. The summed E-state index contributed by atoms with van der Waals surface area (Å²) in [5.74, 6) is -0.940. The molecule has 0 unspecified atom stereocenters. The molecule has 1 rings (SSSR count). The van der Waals surface area contributed by atoms with Gasteiger partial charge in [-0.25, -0.2) is 8.42 Å². The molecule has 0 radical (unpaired) electrons. The third-order valence-corrected chi connectivity index (χ3v) is 3.98. The van der Waals surface area contributed by atoms with E-state index in [2.05, 4.69) is 0 Å². The van der Waals surface area contributed by atoms with Crippen molar-refractivity contribution in [3.63, 3.8) is 0 Å². The number of hydrogen-bond acceptors (Lipinski definition) is 6. The Morgan fingerprint density at radius 3 is 2.52 bits per heavy atom. The normalized spacial score (nSPS) is 11.1. The zero-order valence-corrected chi connectivity index (χ0v) is 12.5. The molecule has 0 fully saturated rings. The lowest BCUT2D eigenvalue weighted by molar-refractivity contribution is -0.384. The van der Waals surface area contributed by atoms with Crippen LogP contribution in [-0.4, -0.2) is 44.3 Å². The van der Waals surface area contributed by atoms with Crippen molar-refractivity contribution in [2.45, 2.75) is 17.7 Å². The molecule has 21 heavy (non-hydrogen) atoms. The Labute approximate surface area is 122 Å². The molecule has 1 N–H and O–H groups in total. The summed E-state index contributed by atoms with van der Waals surface area (Å²) in [5.41, 5.74) is -0.0754. The Balaban J connectivity index is 3.06. The standard InChI is InChI=1S/C12H16N2O6S/c1-13(7-3-4-12(15)16)10-6-5-9(21(2,19)20)8-11(10)14(17)18/h5-6,8H,3-4,7H2,1-2H3,(H,15,16). The Morgan fingerprint density at radius 2 is 2.05 bits per heavy atom.